The van der Waals surface area contributed by atoms with Gasteiger partial charge in [-0.2, -0.15) is 0 Å². The SMILES string of the molecule is Cc1ccccc1-n1nc(C=O)nc1C. The first-order chi connectivity index (χ1) is 7.22. The van der Waals surface area contributed by atoms with Crippen molar-refractivity contribution in [2.24, 2.45) is 0 Å². The number of rotatable bonds is 2. The summed E-state index contributed by atoms with van der Waals surface area (Å²) >= 11 is 0. The summed E-state index contributed by atoms with van der Waals surface area (Å²) in [6.07, 6.45) is 0.655. The molecule has 0 aliphatic carbocycles. The first-order valence-corrected chi connectivity index (χ1v) is 4.67. The van der Waals surface area contributed by atoms with Crippen LogP contribution in [0.25, 0.3) is 5.69 Å². The van der Waals surface area contributed by atoms with E-state index in [0.29, 0.717) is 12.1 Å². The van der Waals surface area contributed by atoms with Crippen molar-refractivity contribution in [1.29, 1.82) is 0 Å². The fourth-order valence-electron chi connectivity index (χ4n) is 1.49. The summed E-state index contributed by atoms with van der Waals surface area (Å²) in [5.41, 5.74) is 2.05. The molecule has 1 aromatic heterocycles. The van der Waals surface area contributed by atoms with Crippen molar-refractivity contribution >= 4 is 6.29 Å². The molecule has 4 nitrogen and oxygen atoms in total. The van der Waals surface area contributed by atoms with E-state index in [9.17, 15) is 4.79 Å². The predicted molar refractivity (Wildman–Crippen MR) is 56.2 cm³/mol. The van der Waals surface area contributed by atoms with Crippen molar-refractivity contribution in [2.45, 2.75) is 13.8 Å². The first kappa shape index (κ1) is 9.58. The Labute approximate surface area is 87.6 Å². The number of aryl methyl sites for hydroxylation is 2. The van der Waals surface area contributed by atoms with Crippen molar-refractivity contribution in [3.63, 3.8) is 0 Å². The van der Waals surface area contributed by atoms with Crippen molar-refractivity contribution in [3.05, 3.63) is 41.5 Å². The van der Waals surface area contributed by atoms with Gasteiger partial charge in [0, 0.05) is 0 Å². The van der Waals surface area contributed by atoms with Crippen LogP contribution >= 0.6 is 0 Å². The molecule has 0 bridgehead atoms. The summed E-state index contributed by atoms with van der Waals surface area (Å²) in [4.78, 5) is 14.6. The lowest BCUT2D eigenvalue weighted by atomic mass is 10.2. The molecule has 0 aliphatic rings. The molecule has 0 saturated carbocycles. The molecular weight excluding hydrogens is 190 g/mol. The van der Waals surface area contributed by atoms with Crippen LogP contribution in [0.15, 0.2) is 24.3 Å². The van der Waals surface area contributed by atoms with Crippen LogP contribution in [-0.4, -0.2) is 21.1 Å². The van der Waals surface area contributed by atoms with E-state index in [1.807, 2.05) is 38.1 Å². The first-order valence-electron chi connectivity index (χ1n) is 4.67. The summed E-state index contributed by atoms with van der Waals surface area (Å²) in [5.74, 6) is 0.933. The van der Waals surface area contributed by atoms with Gasteiger partial charge in [0.25, 0.3) is 0 Å². The number of carbonyl (C=O) groups excluding carboxylic acids is 1. The number of nitrogens with zero attached hydrogens (tertiary/aromatic N) is 3. The highest BCUT2D eigenvalue weighted by Crippen LogP contribution is 2.13. The monoisotopic (exact) mass is 201 g/mol. The quantitative estimate of drug-likeness (QED) is 0.695. The molecule has 0 saturated heterocycles. The van der Waals surface area contributed by atoms with Gasteiger partial charge in [-0.3, -0.25) is 4.79 Å². The lowest BCUT2D eigenvalue weighted by Crippen LogP contribution is -2.01. The smallest absolute Gasteiger partial charge is 0.214 e. The fraction of sp³-hybridized carbons (Fsp3) is 0.182. The topological polar surface area (TPSA) is 47.8 Å². The van der Waals surface area contributed by atoms with Crippen LogP contribution in [-0.2, 0) is 0 Å². The Hall–Kier alpha value is -1.97. The van der Waals surface area contributed by atoms with E-state index in [1.165, 1.54) is 0 Å². The average Bonchev–Trinajstić information content (AvgIpc) is 2.60. The van der Waals surface area contributed by atoms with Crippen LogP contribution in [0.2, 0.25) is 0 Å². The van der Waals surface area contributed by atoms with Crippen molar-refractivity contribution in [1.82, 2.24) is 14.8 Å². The molecule has 76 valence electrons. The molecule has 0 unspecified atom stereocenters. The highest BCUT2D eigenvalue weighted by molar-refractivity contribution is 5.68. The second kappa shape index (κ2) is 3.65. The molecule has 1 aromatic carbocycles. The fourth-order valence-corrected chi connectivity index (χ4v) is 1.49. The summed E-state index contributed by atoms with van der Waals surface area (Å²) in [6, 6.07) is 7.85. The summed E-state index contributed by atoms with van der Waals surface area (Å²) < 4.78 is 1.68. The van der Waals surface area contributed by atoms with E-state index < -0.39 is 0 Å². The van der Waals surface area contributed by atoms with Crippen LogP contribution in [0, 0.1) is 13.8 Å². The molecule has 0 aliphatic heterocycles. The third-order valence-corrected chi connectivity index (χ3v) is 2.23. The van der Waals surface area contributed by atoms with Gasteiger partial charge >= 0.3 is 0 Å². The van der Waals surface area contributed by atoms with E-state index in [0.717, 1.165) is 11.3 Å². The average molecular weight is 201 g/mol. The molecule has 4 heteroatoms. The standard InChI is InChI=1S/C11H11N3O/c1-8-5-3-4-6-10(8)14-9(2)12-11(7-15)13-14/h3-7H,1-2H3. The zero-order valence-electron chi connectivity index (χ0n) is 8.64. The Balaban J connectivity index is 2.58. The van der Waals surface area contributed by atoms with Gasteiger partial charge < -0.3 is 0 Å². The van der Waals surface area contributed by atoms with Crippen molar-refractivity contribution < 1.29 is 4.79 Å². The van der Waals surface area contributed by atoms with Crippen LogP contribution in [0.5, 0.6) is 0 Å². The van der Waals surface area contributed by atoms with Crippen LogP contribution < -0.4 is 0 Å². The van der Waals surface area contributed by atoms with E-state index >= 15 is 0 Å². The third-order valence-electron chi connectivity index (χ3n) is 2.23. The van der Waals surface area contributed by atoms with Gasteiger partial charge in [0.1, 0.15) is 5.82 Å². The Morgan fingerprint density at radius 2 is 2.00 bits per heavy atom. The predicted octanol–water partition coefficient (Wildman–Crippen LogP) is 1.70. The minimum atomic E-state index is 0.218. The highest BCUT2D eigenvalue weighted by Gasteiger charge is 2.08. The molecule has 0 fully saturated rings. The number of hydrogen-bond acceptors (Lipinski definition) is 3. The Morgan fingerprint density at radius 1 is 1.27 bits per heavy atom. The van der Waals surface area contributed by atoms with Crippen LogP contribution in [0.3, 0.4) is 0 Å². The molecule has 0 atom stereocenters. The van der Waals surface area contributed by atoms with E-state index in [-0.39, 0.29) is 5.82 Å². The lowest BCUT2D eigenvalue weighted by Gasteiger charge is -2.05. The highest BCUT2D eigenvalue weighted by atomic mass is 16.1. The summed E-state index contributed by atoms with van der Waals surface area (Å²) in [7, 11) is 0. The number of para-hydroxylation sites is 1. The van der Waals surface area contributed by atoms with Crippen molar-refractivity contribution in [3.8, 4) is 5.69 Å². The molecule has 2 rings (SSSR count). The lowest BCUT2D eigenvalue weighted by molar-refractivity contribution is 0.111. The zero-order chi connectivity index (χ0) is 10.8. The van der Waals surface area contributed by atoms with Crippen LogP contribution in [0.4, 0.5) is 0 Å². The summed E-state index contributed by atoms with van der Waals surface area (Å²) in [6.45, 7) is 3.82. The van der Waals surface area contributed by atoms with Gasteiger partial charge in [-0.1, -0.05) is 18.2 Å². The molecule has 15 heavy (non-hydrogen) atoms. The molecule has 0 N–H and O–H groups in total. The number of hydrogen-bond donors (Lipinski definition) is 0. The maximum absolute atomic E-state index is 10.5. The van der Waals surface area contributed by atoms with E-state index in [1.54, 1.807) is 4.68 Å². The van der Waals surface area contributed by atoms with Gasteiger partial charge in [-0.15, -0.1) is 5.10 Å². The molecular formula is C11H11N3O. The van der Waals surface area contributed by atoms with Crippen LogP contribution in [0.1, 0.15) is 22.0 Å². The second-order valence-electron chi connectivity index (χ2n) is 3.33. The number of aromatic nitrogens is 3. The normalized spacial score (nSPS) is 10.3. The minimum absolute atomic E-state index is 0.218. The molecule has 1 heterocycles. The third kappa shape index (κ3) is 1.66. The molecule has 0 amide bonds. The maximum Gasteiger partial charge on any atom is 0.214 e. The van der Waals surface area contributed by atoms with Gasteiger partial charge in [-0.05, 0) is 25.5 Å². The zero-order valence-corrected chi connectivity index (χ0v) is 8.64. The molecule has 0 spiro atoms. The maximum atomic E-state index is 10.5. The minimum Gasteiger partial charge on any atom is -0.294 e. The Kier molecular flexibility index (Phi) is 2.33. The van der Waals surface area contributed by atoms with Gasteiger partial charge in [0.05, 0.1) is 5.69 Å². The van der Waals surface area contributed by atoms with E-state index in [4.69, 9.17) is 0 Å². The van der Waals surface area contributed by atoms with Crippen molar-refractivity contribution in [2.75, 3.05) is 0 Å². The summed E-state index contributed by atoms with van der Waals surface area (Å²) in [5, 5.41) is 4.10. The molecule has 2 aromatic rings. The Bertz CT molecular complexity index is 502. The largest absolute Gasteiger partial charge is 0.294 e. The number of aldehydes is 1. The van der Waals surface area contributed by atoms with Gasteiger partial charge in [0.15, 0.2) is 6.29 Å². The second-order valence-corrected chi connectivity index (χ2v) is 3.33. The number of benzene rings is 1. The van der Waals surface area contributed by atoms with Gasteiger partial charge in [-0.25, -0.2) is 9.67 Å². The molecule has 0 radical (unpaired) electrons. The van der Waals surface area contributed by atoms with Gasteiger partial charge in [0.2, 0.25) is 5.82 Å². The Morgan fingerprint density at radius 3 is 2.60 bits per heavy atom. The van der Waals surface area contributed by atoms with E-state index in [2.05, 4.69) is 10.1 Å². The number of carbonyl (C=O) groups is 1.